The summed E-state index contributed by atoms with van der Waals surface area (Å²) in [6, 6.07) is 6.84. The number of nitrogens with zero attached hydrogens (tertiary/aromatic N) is 3. The van der Waals surface area contributed by atoms with Gasteiger partial charge in [0.1, 0.15) is 0 Å². The summed E-state index contributed by atoms with van der Waals surface area (Å²) in [4.78, 5) is 4.29. The molecule has 0 spiro atoms. The maximum atomic E-state index is 9.60. The van der Waals surface area contributed by atoms with E-state index in [1.165, 1.54) is 0 Å². The van der Waals surface area contributed by atoms with E-state index >= 15 is 0 Å². The van der Waals surface area contributed by atoms with Crippen LogP contribution in [0.15, 0.2) is 24.3 Å². The Morgan fingerprint density at radius 3 is 2.44 bits per heavy atom. The van der Waals surface area contributed by atoms with Gasteiger partial charge in [-0.05, 0) is 25.0 Å². The Hall–Kier alpha value is -2.17. The maximum absolute atomic E-state index is 9.60. The molecular formula is C13H15N3O2. The molecule has 1 heterocycles. The van der Waals surface area contributed by atoms with Crippen molar-refractivity contribution in [2.24, 2.45) is 0 Å². The molecule has 94 valence electrons. The van der Waals surface area contributed by atoms with Gasteiger partial charge in [-0.15, -0.1) is 5.10 Å². The van der Waals surface area contributed by atoms with Gasteiger partial charge in [0.25, 0.3) is 0 Å². The lowest BCUT2D eigenvalue weighted by atomic mass is 10.2. The first-order chi connectivity index (χ1) is 8.74. The zero-order chi connectivity index (χ0) is 13.0. The highest BCUT2D eigenvalue weighted by Gasteiger charge is 2.09. The minimum absolute atomic E-state index is 0.0544. The molecule has 0 unspecified atom stereocenters. The van der Waals surface area contributed by atoms with E-state index in [1.807, 2.05) is 13.8 Å². The van der Waals surface area contributed by atoms with Gasteiger partial charge in [-0.25, -0.2) is 0 Å². The van der Waals surface area contributed by atoms with Crippen molar-refractivity contribution >= 4 is 0 Å². The zero-order valence-electron chi connectivity index (χ0n) is 10.4. The van der Waals surface area contributed by atoms with Crippen LogP contribution in [0.4, 0.5) is 0 Å². The molecule has 0 atom stereocenters. The number of ether oxygens (including phenoxy) is 1. The van der Waals surface area contributed by atoms with Crippen LogP contribution < -0.4 is 4.74 Å². The third-order valence-corrected chi connectivity index (χ3v) is 2.56. The second-order valence-corrected chi connectivity index (χ2v) is 3.76. The number of benzene rings is 1. The molecule has 1 aromatic heterocycles. The highest BCUT2D eigenvalue weighted by atomic mass is 16.5. The SMILES string of the molecule is CCc1nnc(Oc2ccccc2O)nc1CC. The normalized spacial score (nSPS) is 10.3. The topological polar surface area (TPSA) is 68.1 Å². The molecule has 1 aromatic carbocycles. The summed E-state index contributed by atoms with van der Waals surface area (Å²) in [5, 5.41) is 17.6. The van der Waals surface area contributed by atoms with Crippen molar-refractivity contribution in [1.29, 1.82) is 0 Å². The molecule has 0 fully saturated rings. The first kappa shape index (κ1) is 12.3. The van der Waals surface area contributed by atoms with Crippen LogP contribution in [0.2, 0.25) is 0 Å². The second kappa shape index (κ2) is 5.44. The fraction of sp³-hybridized carbons (Fsp3) is 0.308. The number of phenols is 1. The Morgan fingerprint density at radius 2 is 1.78 bits per heavy atom. The smallest absolute Gasteiger partial charge is 0.341 e. The van der Waals surface area contributed by atoms with Crippen molar-refractivity contribution in [2.75, 3.05) is 0 Å². The van der Waals surface area contributed by atoms with Gasteiger partial charge in [-0.1, -0.05) is 31.1 Å². The third-order valence-electron chi connectivity index (χ3n) is 2.56. The summed E-state index contributed by atoms with van der Waals surface area (Å²) in [5.41, 5.74) is 1.75. The summed E-state index contributed by atoms with van der Waals surface area (Å²) in [7, 11) is 0. The fourth-order valence-corrected chi connectivity index (χ4v) is 1.61. The number of para-hydroxylation sites is 2. The summed E-state index contributed by atoms with van der Waals surface area (Å²) >= 11 is 0. The van der Waals surface area contributed by atoms with E-state index in [4.69, 9.17) is 4.74 Å². The van der Waals surface area contributed by atoms with Gasteiger partial charge in [0.2, 0.25) is 0 Å². The average molecular weight is 245 g/mol. The number of hydrogen-bond acceptors (Lipinski definition) is 5. The maximum Gasteiger partial charge on any atom is 0.341 e. The second-order valence-electron chi connectivity index (χ2n) is 3.76. The number of phenolic OH excluding ortho intramolecular Hbond substituents is 1. The zero-order valence-corrected chi connectivity index (χ0v) is 10.4. The van der Waals surface area contributed by atoms with Crippen LogP contribution >= 0.6 is 0 Å². The van der Waals surface area contributed by atoms with Gasteiger partial charge >= 0.3 is 6.01 Å². The van der Waals surface area contributed by atoms with E-state index in [9.17, 15) is 5.11 Å². The number of aromatic nitrogens is 3. The fourth-order valence-electron chi connectivity index (χ4n) is 1.61. The monoisotopic (exact) mass is 245 g/mol. The van der Waals surface area contributed by atoms with Crippen molar-refractivity contribution in [2.45, 2.75) is 26.7 Å². The molecule has 0 amide bonds. The minimum Gasteiger partial charge on any atom is -0.504 e. The van der Waals surface area contributed by atoms with Crippen molar-refractivity contribution in [3.63, 3.8) is 0 Å². The molecule has 2 rings (SSSR count). The number of rotatable bonds is 4. The molecule has 0 aliphatic heterocycles. The standard InChI is InChI=1S/C13H15N3O2/c1-3-9-10(4-2)15-16-13(14-9)18-12-8-6-5-7-11(12)17/h5-8,17H,3-4H2,1-2H3. The highest BCUT2D eigenvalue weighted by molar-refractivity contribution is 5.39. The van der Waals surface area contributed by atoms with Gasteiger partial charge in [0.15, 0.2) is 11.5 Å². The summed E-state index contributed by atoms with van der Waals surface area (Å²) in [6.45, 7) is 4.02. The Balaban J connectivity index is 2.27. The molecule has 0 bridgehead atoms. The van der Waals surface area contributed by atoms with Crippen LogP contribution in [0, 0.1) is 0 Å². The Bertz CT molecular complexity index is 544. The summed E-state index contributed by atoms with van der Waals surface area (Å²) in [5.74, 6) is 0.379. The molecule has 1 N–H and O–H groups in total. The van der Waals surface area contributed by atoms with E-state index in [0.29, 0.717) is 5.75 Å². The van der Waals surface area contributed by atoms with Crippen molar-refractivity contribution in [1.82, 2.24) is 15.2 Å². The first-order valence-electron chi connectivity index (χ1n) is 5.92. The molecule has 18 heavy (non-hydrogen) atoms. The van der Waals surface area contributed by atoms with Gasteiger partial charge in [0.05, 0.1) is 11.4 Å². The van der Waals surface area contributed by atoms with Crippen LogP contribution in [0.3, 0.4) is 0 Å². The Kier molecular flexibility index (Phi) is 3.72. The number of hydrogen-bond donors (Lipinski definition) is 1. The highest BCUT2D eigenvalue weighted by Crippen LogP contribution is 2.28. The van der Waals surface area contributed by atoms with Gasteiger partial charge in [0, 0.05) is 0 Å². The van der Waals surface area contributed by atoms with E-state index in [0.717, 1.165) is 24.2 Å². The lowest BCUT2D eigenvalue weighted by Gasteiger charge is -2.07. The predicted octanol–water partition coefficient (Wildman–Crippen LogP) is 2.49. The van der Waals surface area contributed by atoms with E-state index in [-0.39, 0.29) is 11.8 Å². The summed E-state index contributed by atoms with van der Waals surface area (Å²) < 4.78 is 5.42. The van der Waals surface area contributed by atoms with E-state index < -0.39 is 0 Å². The average Bonchev–Trinajstić information content (AvgIpc) is 2.41. The molecule has 5 nitrogen and oxygen atoms in total. The van der Waals surface area contributed by atoms with Crippen LogP contribution in [0.5, 0.6) is 17.5 Å². The molecule has 0 saturated heterocycles. The van der Waals surface area contributed by atoms with Crippen molar-refractivity contribution in [3.05, 3.63) is 35.7 Å². The molecule has 2 aromatic rings. The van der Waals surface area contributed by atoms with Crippen LogP contribution in [-0.2, 0) is 12.8 Å². The molecule has 0 saturated carbocycles. The Morgan fingerprint density at radius 1 is 1.06 bits per heavy atom. The molecule has 5 heteroatoms. The lowest BCUT2D eigenvalue weighted by molar-refractivity contribution is 0.385. The van der Waals surface area contributed by atoms with Crippen molar-refractivity contribution in [3.8, 4) is 17.5 Å². The molecule has 0 aliphatic rings. The van der Waals surface area contributed by atoms with Crippen LogP contribution in [-0.4, -0.2) is 20.3 Å². The minimum atomic E-state index is 0.0544. The van der Waals surface area contributed by atoms with Gasteiger partial charge < -0.3 is 9.84 Å². The van der Waals surface area contributed by atoms with Crippen LogP contribution in [0.1, 0.15) is 25.2 Å². The molecular weight excluding hydrogens is 230 g/mol. The first-order valence-corrected chi connectivity index (χ1v) is 5.92. The van der Waals surface area contributed by atoms with E-state index in [1.54, 1.807) is 24.3 Å². The predicted molar refractivity (Wildman–Crippen MR) is 66.8 cm³/mol. The molecule has 0 radical (unpaired) electrons. The third kappa shape index (κ3) is 2.56. The largest absolute Gasteiger partial charge is 0.504 e. The Labute approximate surface area is 105 Å². The van der Waals surface area contributed by atoms with Crippen molar-refractivity contribution < 1.29 is 9.84 Å². The van der Waals surface area contributed by atoms with E-state index in [2.05, 4.69) is 15.2 Å². The number of aryl methyl sites for hydroxylation is 2. The molecule has 0 aliphatic carbocycles. The lowest BCUT2D eigenvalue weighted by Crippen LogP contribution is -2.04. The summed E-state index contributed by atoms with van der Waals surface area (Å²) in [6.07, 6.45) is 1.57. The van der Waals surface area contributed by atoms with Gasteiger partial charge in [-0.2, -0.15) is 4.98 Å². The quantitative estimate of drug-likeness (QED) is 0.896. The van der Waals surface area contributed by atoms with Crippen LogP contribution in [0.25, 0.3) is 0 Å². The van der Waals surface area contributed by atoms with Gasteiger partial charge in [-0.3, -0.25) is 0 Å². The number of aromatic hydroxyl groups is 1.